The van der Waals surface area contributed by atoms with Gasteiger partial charge in [-0.1, -0.05) is 29.8 Å². The van der Waals surface area contributed by atoms with E-state index in [1.54, 1.807) is 0 Å². The number of carbonyl (C=O) groups excluding carboxylic acids is 1. The van der Waals surface area contributed by atoms with Crippen molar-refractivity contribution in [2.24, 2.45) is 0 Å². The molecule has 106 valence electrons. The lowest BCUT2D eigenvalue weighted by Gasteiger charge is -2.07. The Kier molecular flexibility index (Phi) is 3.69. The van der Waals surface area contributed by atoms with Gasteiger partial charge in [0.25, 0.3) is 5.91 Å². The monoisotopic (exact) mass is 279 g/mol. The summed E-state index contributed by atoms with van der Waals surface area (Å²) < 4.78 is 2.05. The van der Waals surface area contributed by atoms with Crippen molar-refractivity contribution in [3.05, 3.63) is 66.0 Å². The zero-order valence-electron chi connectivity index (χ0n) is 11.9. The Morgan fingerprint density at radius 1 is 1.14 bits per heavy atom. The molecule has 0 aliphatic carbocycles. The van der Waals surface area contributed by atoms with Crippen molar-refractivity contribution in [1.82, 2.24) is 14.9 Å². The molecule has 3 rings (SSSR count). The first kappa shape index (κ1) is 13.4. The number of benzene rings is 2. The van der Waals surface area contributed by atoms with Crippen LogP contribution < -0.4 is 5.32 Å². The average molecular weight is 279 g/mol. The highest BCUT2D eigenvalue weighted by molar-refractivity contribution is 5.94. The molecule has 4 nitrogen and oxygen atoms in total. The number of para-hydroxylation sites is 2. The molecule has 0 aliphatic heterocycles. The van der Waals surface area contributed by atoms with E-state index in [0.717, 1.165) is 16.6 Å². The number of hydrogen-bond donors (Lipinski definition) is 1. The molecule has 0 spiro atoms. The molecule has 0 bridgehead atoms. The minimum absolute atomic E-state index is 0.0422. The van der Waals surface area contributed by atoms with Crippen molar-refractivity contribution in [2.45, 2.75) is 13.5 Å². The van der Waals surface area contributed by atoms with Crippen LogP contribution in [0.5, 0.6) is 0 Å². The van der Waals surface area contributed by atoms with Crippen molar-refractivity contribution in [1.29, 1.82) is 0 Å². The van der Waals surface area contributed by atoms with E-state index in [-0.39, 0.29) is 5.91 Å². The van der Waals surface area contributed by atoms with E-state index in [9.17, 15) is 4.79 Å². The van der Waals surface area contributed by atoms with Gasteiger partial charge < -0.3 is 9.88 Å². The Hall–Kier alpha value is -2.62. The van der Waals surface area contributed by atoms with Gasteiger partial charge in [-0.3, -0.25) is 4.79 Å². The van der Waals surface area contributed by atoms with Gasteiger partial charge in [-0.25, -0.2) is 4.98 Å². The van der Waals surface area contributed by atoms with Crippen LogP contribution in [0.15, 0.2) is 54.9 Å². The fourth-order valence-electron chi connectivity index (χ4n) is 2.29. The number of nitrogens with one attached hydrogen (secondary N) is 1. The maximum atomic E-state index is 12.0. The highest BCUT2D eigenvalue weighted by Crippen LogP contribution is 2.11. The number of nitrogens with zero attached hydrogens (tertiary/aromatic N) is 2. The largest absolute Gasteiger partial charge is 0.350 e. The van der Waals surface area contributed by atoms with Gasteiger partial charge in [0.2, 0.25) is 0 Å². The van der Waals surface area contributed by atoms with E-state index in [0.29, 0.717) is 18.7 Å². The van der Waals surface area contributed by atoms with Crippen LogP contribution in [-0.2, 0) is 6.54 Å². The Labute approximate surface area is 123 Å². The summed E-state index contributed by atoms with van der Waals surface area (Å²) in [6, 6.07) is 15.6. The van der Waals surface area contributed by atoms with Gasteiger partial charge in [0.15, 0.2) is 0 Å². The standard InChI is InChI=1S/C17H17N3O/c1-13-6-8-14(9-7-13)17(21)18-10-11-20-12-19-15-4-2-3-5-16(15)20/h2-9,12H,10-11H2,1H3,(H,18,21). The summed E-state index contributed by atoms with van der Waals surface area (Å²) >= 11 is 0. The Morgan fingerprint density at radius 2 is 1.90 bits per heavy atom. The van der Waals surface area contributed by atoms with Gasteiger partial charge in [-0.2, -0.15) is 0 Å². The summed E-state index contributed by atoms with van der Waals surface area (Å²) in [5.41, 5.74) is 3.90. The Morgan fingerprint density at radius 3 is 2.71 bits per heavy atom. The fourth-order valence-corrected chi connectivity index (χ4v) is 2.29. The van der Waals surface area contributed by atoms with E-state index in [1.807, 2.05) is 66.3 Å². The SMILES string of the molecule is Cc1ccc(C(=O)NCCn2cnc3ccccc32)cc1. The van der Waals surface area contributed by atoms with Crippen LogP contribution in [0.1, 0.15) is 15.9 Å². The quantitative estimate of drug-likeness (QED) is 0.798. The summed E-state index contributed by atoms with van der Waals surface area (Å²) in [5, 5.41) is 2.93. The molecule has 0 aliphatic rings. The molecule has 1 amide bonds. The zero-order chi connectivity index (χ0) is 14.7. The topological polar surface area (TPSA) is 46.9 Å². The predicted octanol–water partition coefficient (Wildman–Crippen LogP) is 2.77. The first-order chi connectivity index (χ1) is 10.2. The number of aromatic nitrogens is 2. The number of fused-ring (bicyclic) bond motifs is 1. The third-order valence-electron chi connectivity index (χ3n) is 3.48. The third kappa shape index (κ3) is 2.94. The number of imidazole rings is 1. The lowest BCUT2D eigenvalue weighted by atomic mass is 10.1. The first-order valence-electron chi connectivity index (χ1n) is 6.99. The van der Waals surface area contributed by atoms with Crippen LogP contribution in [0, 0.1) is 6.92 Å². The van der Waals surface area contributed by atoms with Crippen molar-refractivity contribution in [3.8, 4) is 0 Å². The molecule has 21 heavy (non-hydrogen) atoms. The summed E-state index contributed by atoms with van der Waals surface area (Å²) in [6.07, 6.45) is 1.81. The van der Waals surface area contributed by atoms with Crippen molar-refractivity contribution < 1.29 is 4.79 Å². The van der Waals surface area contributed by atoms with Crippen LogP contribution in [0.25, 0.3) is 11.0 Å². The molecule has 1 N–H and O–H groups in total. The molecular weight excluding hydrogens is 262 g/mol. The van der Waals surface area contributed by atoms with E-state index in [4.69, 9.17) is 0 Å². The van der Waals surface area contributed by atoms with Crippen LogP contribution in [0.3, 0.4) is 0 Å². The number of amides is 1. The van der Waals surface area contributed by atoms with Crippen LogP contribution in [0.2, 0.25) is 0 Å². The normalized spacial score (nSPS) is 10.7. The average Bonchev–Trinajstić information content (AvgIpc) is 2.91. The number of aryl methyl sites for hydroxylation is 1. The maximum Gasteiger partial charge on any atom is 0.251 e. The van der Waals surface area contributed by atoms with Crippen LogP contribution >= 0.6 is 0 Å². The molecule has 4 heteroatoms. The fraction of sp³-hybridized carbons (Fsp3) is 0.176. The Bertz CT molecular complexity index is 759. The summed E-state index contributed by atoms with van der Waals surface area (Å²) in [7, 11) is 0. The molecule has 1 heterocycles. The Balaban J connectivity index is 1.61. The summed E-state index contributed by atoms with van der Waals surface area (Å²) in [6.45, 7) is 3.29. The lowest BCUT2D eigenvalue weighted by molar-refractivity contribution is 0.0952. The molecule has 0 fully saturated rings. The van der Waals surface area contributed by atoms with Crippen molar-refractivity contribution in [2.75, 3.05) is 6.54 Å². The summed E-state index contributed by atoms with van der Waals surface area (Å²) in [5.74, 6) is -0.0422. The molecule has 0 radical (unpaired) electrons. The maximum absolute atomic E-state index is 12.0. The minimum Gasteiger partial charge on any atom is -0.350 e. The molecule has 2 aromatic carbocycles. The highest BCUT2D eigenvalue weighted by atomic mass is 16.1. The smallest absolute Gasteiger partial charge is 0.251 e. The minimum atomic E-state index is -0.0422. The number of rotatable bonds is 4. The molecule has 0 atom stereocenters. The molecule has 0 saturated heterocycles. The summed E-state index contributed by atoms with van der Waals surface area (Å²) in [4.78, 5) is 16.3. The van der Waals surface area contributed by atoms with Crippen molar-refractivity contribution in [3.63, 3.8) is 0 Å². The van der Waals surface area contributed by atoms with Gasteiger partial charge >= 0.3 is 0 Å². The third-order valence-corrected chi connectivity index (χ3v) is 3.48. The van der Waals surface area contributed by atoms with Crippen molar-refractivity contribution >= 4 is 16.9 Å². The van der Waals surface area contributed by atoms with E-state index >= 15 is 0 Å². The molecule has 1 aromatic heterocycles. The second-order valence-corrected chi connectivity index (χ2v) is 5.05. The predicted molar refractivity (Wildman–Crippen MR) is 83.2 cm³/mol. The second kappa shape index (κ2) is 5.79. The molecule has 3 aromatic rings. The van der Waals surface area contributed by atoms with E-state index in [2.05, 4.69) is 10.3 Å². The molecule has 0 unspecified atom stereocenters. The van der Waals surface area contributed by atoms with Gasteiger partial charge in [-0.05, 0) is 31.2 Å². The number of hydrogen-bond acceptors (Lipinski definition) is 2. The second-order valence-electron chi connectivity index (χ2n) is 5.05. The lowest BCUT2D eigenvalue weighted by Crippen LogP contribution is -2.27. The molecular formula is C17H17N3O. The van der Waals surface area contributed by atoms with Gasteiger partial charge in [0.1, 0.15) is 0 Å². The van der Waals surface area contributed by atoms with Gasteiger partial charge in [-0.15, -0.1) is 0 Å². The van der Waals surface area contributed by atoms with E-state index < -0.39 is 0 Å². The highest BCUT2D eigenvalue weighted by Gasteiger charge is 2.05. The van der Waals surface area contributed by atoms with E-state index in [1.165, 1.54) is 0 Å². The van der Waals surface area contributed by atoms with Gasteiger partial charge in [0.05, 0.1) is 17.4 Å². The number of carbonyl (C=O) groups is 1. The zero-order valence-corrected chi connectivity index (χ0v) is 11.9. The van der Waals surface area contributed by atoms with Gasteiger partial charge in [0, 0.05) is 18.7 Å². The first-order valence-corrected chi connectivity index (χ1v) is 6.99. The van der Waals surface area contributed by atoms with Crippen LogP contribution in [-0.4, -0.2) is 22.0 Å². The molecule has 0 saturated carbocycles. The van der Waals surface area contributed by atoms with Crippen LogP contribution in [0.4, 0.5) is 0 Å².